The lowest BCUT2D eigenvalue weighted by molar-refractivity contribution is -0.153. The lowest BCUT2D eigenvalue weighted by Crippen LogP contribution is -2.58. The van der Waals surface area contributed by atoms with Crippen LogP contribution in [0, 0.1) is 6.92 Å². The normalized spacial score (nSPS) is 18.2. The zero-order valence-corrected chi connectivity index (χ0v) is 20.5. The van der Waals surface area contributed by atoms with E-state index < -0.39 is 54.1 Å². The summed E-state index contributed by atoms with van der Waals surface area (Å²) in [5, 5.41) is 33.5. The summed E-state index contributed by atoms with van der Waals surface area (Å²) in [5.41, 5.74) is 1.58. The van der Waals surface area contributed by atoms with E-state index in [-0.39, 0.29) is 25.1 Å². The number of likely N-dealkylation sites (N-methyl/N-ethyl adjacent to an activating group) is 1. The number of para-hydroxylation sites is 2. The molecule has 0 aromatic heterocycles. The first-order valence-electron chi connectivity index (χ1n) is 12.0. The van der Waals surface area contributed by atoms with Crippen LogP contribution in [0.2, 0.25) is 5.82 Å². The van der Waals surface area contributed by atoms with Gasteiger partial charge in [-0.25, -0.2) is 4.79 Å². The predicted molar refractivity (Wildman–Crippen MR) is 132 cm³/mol. The molecule has 4 rings (SSSR count). The minimum atomic E-state index is -1.47. The molecule has 11 nitrogen and oxygen atoms in total. The SMILES string of the molecule is CCN1CCN(C(=O)NC(C(=O)C[C@H]2Cc3cccc(C)c3OB2O)c2cccc(O)c2O)C(=O)C1=O. The number of fused-ring (bicyclic) bond motifs is 1. The molecule has 2 aliphatic rings. The Morgan fingerprint density at radius 1 is 1.14 bits per heavy atom. The maximum atomic E-state index is 13.5. The van der Waals surface area contributed by atoms with Crippen molar-refractivity contribution in [3.63, 3.8) is 0 Å². The zero-order chi connectivity index (χ0) is 26.9. The molecule has 4 N–H and O–H groups in total. The Balaban J connectivity index is 1.58. The summed E-state index contributed by atoms with van der Waals surface area (Å²) in [7, 11) is -1.28. The van der Waals surface area contributed by atoms with Crippen LogP contribution in [0.25, 0.3) is 0 Å². The second-order valence-corrected chi connectivity index (χ2v) is 9.15. The van der Waals surface area contributed by atoms with Crippen LogP contribution >= 0.6 is 0 Å². The van der Waals surface area contributed by atoms with Crippen molar-refractivity contribution in [3.05, 3.63) is 53.1 Å². The first-order chi connectivity index (χ1) is 17.6. The van der Waals surface area contributed by atoms with Crippen molar-refractivity contribution in [3.8, 4) is 17.2 Å². The maximum Gasteiger partial charge on any atom is 0.526 e. The Bertz CT molecular complexity index is 1250. The lowest BCUT2D eigenvalue weighted by atomic mass is 9.64. The van der Waals surface area contributed by atoms with Crippen LogP contribution in [0.4, 0.5) is 4.79 Å². The van der Waals surface area contributed by atoms with E-state index in [1.807, 2.05) is 25.1 Å². The van der Waals surface area contributed by atoms with E-state index in [1.165, 1.54) is 23.1 Å². The van der Waals surface area contributed by atoms with E-state index in [0.717, 1.165) is 11.1 Å². The predicted octanol–water partition coefficient (Wildman–Crippen LogP) is 1.29. The van der Waals surface area contributed by atoms with Crippen molar-refractivity contribution in [2.75, 3.05) is 19.6 Å². The third-order valence-corrected chi connectivity index (χ3v) is 6.76. The fraction of sp³-hybridized carbons (Fsp3) is 0.360. The monoisotopic (exact) mass is 509 g/mol. The van der Waals surface area contributed by atoms with Crippen molar-refractivity contribution >= 4 is 30.7 Å². The molecule has 1 unspecified atom stereocenters. The third kappa shape index (κ3) is 5.10. The van der Waals surface area contributed by atoms with Crippen molar-refractivity contribution in [2.45, 2.75) is 38.5 Å². The lowest BCUT2D eigenvalue weighted by Gasteiger charge is -2.33. The Kier molecular flexibility index (Phi) is 7.39. The Morgan fingerprint density at radius 3 is 2.59 bits per heavy atom. The van der Waals surface area contributed by atoms with Gasteiger partial charge in [-0.05, 0) is 37.5 Å². The number of hydrogen-bond acceptors (Lipinski definition) is 8. The van der Waals surface area contributed by atoms with Crippen LogP contribution in [-0.2, 0) is 20.8 Å². The Labute approximate surface area is 213 Å². The highest BCUT2D eigenvalue weighted by atomic mass is 16.5. The zero-order valence-electron chi connectivity index (χ0n) is 20.5. The molecule has 0 aliphatic carbocycles. The van der Waals surface area contributed by atoms with Crippen LogP contribution in [0.1, 0.15) is 36.1 Å². The average Bonchev–Trinajstić information content (AvgIpc) is 2.87. The van der Waals surface area contributed by atoms with Crippen LogP contribution in [0.3, 0.4) is 0 Å². The van der Waals surface area contributed by atoms with Crippen LogP contribution in [0.15, 0.2) is 36.4 Å². The topological polar surface area (TPSA) is 157 Å². The van der Waals surface area contributed by atoms with E-state index in [0.29, 0.717) is 23.6 Å². The number of nitrogens with zero attached hydrogens (tertiary/aromatic N) is 2. The molecular weight excluding hydrogens is 481 g/mol. The van der Waals surface area contributed by atoms with Crippen LogP contribution < -0.4 is 9.97 Å². The second-order valence-electron chi connectivity index (χ2n) is 9.15. The summed E-state index contributed by atoms with van der Waals surface area (Å²) in [6.45, 7) is 3.95. The van der Waals surface area contributed by atoms with Crippen molar-refractivity contribution < 1.29 is 39.1 Å². The van der Waals surface area contributed by atoms with Gasteiger partial charge in [0.15, 0.2) is 17.3 Å². The number of rotatable bonds is 6. The number of urea groups is 1. The third-order valence-electron chi connectivity index (χ3n) is 6.76. The molecule has 1 saturated heterocycles. The molecule has 0 saturated carbocycles. The summed E-state index contributed by atoms with van der Waals surface area (Å²) in [4.78, 5) is 53.3. The van der Waals surface area contributed by atoms with Crippen LogP contribution in [-0.4, -0.2) is 75.4 Å². The van der Waals surface area contributed by atoms with Gasteiger partial charge in [0.25, 0.3) is 0 Å². The minimum Gasteiger partial charge on any atom is -0.536 e. The van der Waals surface area contributed by atoms with Crippen molar-refractivity contribution in [1.29, 1.82) is 0 Å². The summed E-state index contributed by atoms with van der Waals surface area (Å²) in [6.07, 6.45) is 0.0909. The number of phenols is 2. The molecule has 1 fully saturated rings. The van der Waals surface area contributed by atoms with E-state index in [1.54, 1.807) is 6.92 Å². The molecule has 2 heterocycles. The van der Waals surface area contributed by atoms with Gasteiger partial charge in [-0.1, -0.05) is 30.3 Å². The molecule has 0 bridgehead atoms. The van der Waals surface area contributed by atoms with Gasteiger partial charge >= 0.3 is 25.0 Å². The smallest absolute Gasteiger partial charge is 0.526 e. The minimum absolute atomic E-state index is 0.0670. The summed E-state index contributed by atoms with van der Waals surface area (Å²) in [5.74, 6) is -3.66. The van der Waals surface area contributed by atoms with Crippen molar-refractivity contribution in [2.24, 2.45) is 0 Å². The highest BCUT2D eigenvalue weighted by Crippen LogP contribution is 2.38. The standard InChI is InChI=1S/C25H28BN3O8/c1-3-28-10-11-29(24(34)23(28)33)25(35)27-20(17-8-5-9-18(30)21(17)32)19(31)13-16-12-15-7-4-6-14(2)22(15)37-26(16)36/h4-9,16,20,30,32,36H,3,10-13H2,1-2H3,(H,27,35)/t16-,20?/m1/s1. The van der Waals surface area contributed by atoms with Gasteiger partial charge in [0.05, 0.1) is 0 Å². The number of imide groups is 1. The summed E-state index contributed by atoms with van der Waals surface area (Å²) < 4.78 is 5.66. The molecule has 2 aromatic carbocycles. The molecule has 12 heteroatoms. The van der Waals surface area contributed by atoms with Gasteiger partial charge in [-0.3, -0.25) is 19.3 Å². The van der Waals surface area contributed by atoms with Gasteiger partial charge in [0, 0.05) is 37.4 Å². The first-order valence-corrected chi connectivity index (χ1v) is 12.0. The molecule has 0 spiro atoms. The maximum absolute atomic E-state index is 13.5. The van der Waals surface area contributed by atoms with Gasteiger partial charge < -0.3 is 30.1 Å². The number of carbonyl (C=O) groups excluding carboxylic acids is 4. The molecule has 0 radical (unpaired) electrons. The van der Waals surface area contributed by atoms with Gasteiger partial charge in [-0.15, -0.1) is 0 Å². The molecular formula is C25H28BN3O8. The van der Waals surface area contributed by atoms with E-state index in [4.69, 9.17) is 4.65 Å². The van der Waals surface area contributed by atoms with E-state index in [9.17, 15) is 34.4 Å². The molecule has 2 aromatic rings. The number of carbonyl (C=O) groups is 4. The highest BCUT2D eigenvalue weighted by Gasteiger charge is 2.41. The Hall–Kier alpha value is -4.06. The molecule has 37 heavy (non-hydrogen) atoms. The van der Waals surface area contributed by atoms with Gasteiger partial charge in [0.1, 0.15) is 11.8 Å². The first kappa shape index (κ1) is 26.0. The number of nitrogens with one attached hydrogen (secondary N) is 1. The van der Waals surface area contributed by atoms with Crippen molar-refractivity contribution in [1.82, 2.24) is 15.1 Å². The molecule has 194 valence electrons. The number of hydrogen-bond donors (Lipinski definition) is 4. The summed E-state index contributed by atoms with van der Waals surface area (Å²) >= 11 is 0. The fourth-order valence-corrected chi connectivity index (χ4v) is 4.68. The quantitative estimate of drug-likeness (QED) is 0.258. The molecule has 4 amide bonds. The van der Waals surface area contributed by atoms with E-state index >= 15 is 0 Å². The summed E-state index contributed by atoms with van der Waals surface area (Å²) in [6, 6.07) is 7.03. The number of benzene rings is 2. The number of aromatic hydroxyl groups is 2. The highest BCUT2D eigenvalue weighted by molar-refractivity contribution is 6.46. The largest absolute Gasteiger partial charge is 0.536 e. The average molecular weight is 509 g/mol. The Morgan fingerprint density at radius 2 is 1.86 bits per heavy atom. The molecule has 2 aliphatic heterocycles. The van der Waals surface area contributed by atoms with Gasteiger partial charge in [0.2, 0.25) is 0 Å². The fourth-order valence-electron chi connectivity index (χ4n) is 4.68. The second kappa shape index (κ2) is 10.5. The number of Topliss-reactive ketones (excluding diaryl/α,β-unsaturated/α-hetero) is 1. The number of piperazine rings is 1. The van der Waals surface area contributed by atoms with E-state index in [2.05, 4.69) is 5.32 Å². The number of phenolic OH excluding ortho intramolecular Hbond substituents is 2. The number of ketones is 1. The number of amides is 4. The number of aryl methyl sites for hydroxylation is 1. The van der Waals surface area contributed by atoms with Gasteiger partial charge in [-0.2, -0.15) is 0 Å². The molecule has 2 atom stereocenters. The van der Waals surface area contributed by atoms with Crippen LogP contribution in [0.5, 0.6) is 17.2 Å².